The van der Waals surface area contributed by atoms with Crippen molar-refractivity contribution < 1.29 is 16.5 Å². The molecule has 0 aromatic heterocycles. The Hall–Kier alpha value is -0.353. The third kappa shape index (κ3) is 7.99. The minimum Gasteiger partial charge on any atom is -0.294 e. The van der Waals surface area contributed by atoms with Gasteiger partial charge in [-0.2, -0.15) is 8.42 Å². The lowest BCUT2D eigenvalue weighted by Crippen LogP contribution is -2.30. The van der Waals surface area contributed by atoms with Gasteiger partial charge in [-0.3, -0.25) is 3.87 Å². The van der Waals surface area contributed by atoms with Crippen LogP contribution in [-0.2, 0) is 18.5 Å². The Morgan fingerprint density at radius 1 is 1.38 bits per heavy atom. The molecule has 0 heterocycles. The summed E-state index contributed by atoms with van der Waals surface area (Å²) in [4.78, 5) is 0. The quantitative estimate of drug-likeness (QED) is 0.397. The van der Waals surface area contributed by atoms with E-state index in [2.05, 4.69) is 10.1 Å². The van der Waals surface area contributed by atoms with E-state index in [1.165, 1.54) is 0 Å². The molecule has 0 aromatic rings. The standard InChI is InChI=1S/C7H14O4SSi/c1-5-6-7-10-12(8,9)11-13(2,3)4/h1H,6-7H2,2-4H3. The average Bonchev–Trinajstić information content (AvgIpc) is 1.81. The van der Waals surface area contributed by atoms with E-state index in [4.69, 9.17) is 10.3 Å². The molecule has 0 fully saturated rings. The third-order valence-corrected chi connectivity index (χ3v) is 4.10. The SMILES string of the molecule is C#CCCOS(=O)(=O)O[Si](C)(C)C. The molecule has 0 saturated heterocycles. The highest BCUT2D eigenvalue weighted by molar-refractivity contribution is 7.83. The molecule has 0 bridgehead atoms. The summed E-state index contributed by atoms with van der Waals surface area (Å²) < 4.78 is 31.4. The van der Waals surface area contributed by atoms with Crippen LogP contribution in [0.3, 0.4) is 0 Å². The van der Waals surface area contributed by atoms with E-state index in [1.807, 2.05) is 0 Å². The van der Waals surface area contributed by atoms with Crippen molar-refractivity contribution >= 4 is 18.7 Å². The van der Waals surface area contributed by atoms with Crippen LogP contribution >= 0.6 is 0 Å². The minimum atomic E-state index is -3.85. The van der Waals surface area contributed by atoms with Crippen LogP contribution in [0, 0.1) is 12.3 Å². The maximum atomic E-state index is 11.0. The predicted molar refractivity (Wildman–Crippen MR) is 52.8 cm³/mol. The number of rotatable bonds is 5. The second-order valence-corrected chi connectivity index (χ2v) is 9.32. The topological polar surface area (TPSA) is 52.6 Å². The fourth-order valence-corrected chi connectivity index (χ4v) is 3.46. The average molecular weight is 222 g/mol. The summed E-state index contributed by atoms with van der Waals surface area (Å²) in [6, 6.07) is 0. The molecule has 0 radical (unpaired) electrons. The molecule has 0 atom stereocenters. The monoisotopic (exact) mass is 222 g/mol. The molecule has 0 rings (SSSR count). The van der Waals surface area contributed by atoms with Gasteiger partial charge in [0.1, 0.15) is 0 Å². The van der Waals surface area contributed by atoms with Gasteiger partial charge in [0.2, 0.25) is 8.32 Å². The summed E-state index contributed by atoms with van der Waals surface area (Å²) in [6.07, 6.45) is 5.19. The van der Waals surface area contributed by atoms with Gasteiger partial charge in [-0.25, -0.2) is 4.18 Å². The highest BCUT2D eigenvalue weighted by Gasteiger charge is 2.24. The molecule has 0 unspecified atom stereocenters. The number of terminal acetylenes is 1. The van der Waals surface area contributed by atoms with Crippen molar-refractivity contribution in [2.45, 2.75) is 26.1 Å². The van der Waals surface area contributed by atoms with Gasteiger partial charge in [0, 0.05) is 6.42 Å². The normalized spacial score (nSPS) is 12.5. The highest BCUT2D eigenvalue weighted by Crippen LogP contribution is 2.09. The molecule has 0 aliphatic heterocycles. The van der Waals surface area contributed by atoms with Crippen LogP contribution in [0.15, 0.2) is 0 Å². The first-order valence-corrected chi connectivity index (χ1v) is 8.54. The summed E-state index contributed by atoms with van der Waals surface area (Å²) in [5.41, 5.74) is 0. The van der Waals surface area contributed by atoms with Crippen LogP contribution in [0.4, 0.5) is 0 Å². The van der Waals surface area contributed by atoms with Crippen molar-refractivity contribution in [3.8, 4) is 12.3 Å². The van der Waals surface area contributed by atoms with Crippen LogP contribution in [0.25, 0.3) is 0 Å². The Bertz CT molecular complexity index is 283. The molecule has 6 heteroatoms. The first-order valence-electron chi connectivity index (χ1n) is 3.80. The molecule has 0 saturated carbocycles. The third-order valence-electron chi connectivity index (χ3n) is 0.826. The maximum Gasteiger partial charge on any atom is 0.390 e. The van der Waals surface area contributed by atoms with Crippen LogP contribution in [0.2, 0.25) is 19.6 Å². The van der Waals surface area contributed by atoms with E-state index in [1.54, 1.807) is 19.6 Å². The molecule has 0 aromatic carbocycles. The largest absolute Gasteiger partial charge is 0.390 e. The Morgan fingerprint density at radius 2 is 1.92 bits per heavy atom. The molecular formula is C7H14O4SSi. The molecule has 0 N–H and O–H groups in total. The van der Waals surface area contributed by atoms with Crippen LogP contribution in [0.1, 0.15) is 6.42 Å². The zero-order valence-corrected chi connectivity index (χ0v) is 9.85. The van der Waals surface area contributed by atoms with Crippen molar-refractivity contribution in [2.75, 3.05) is 6.61 Å². The summed E-state index contributed by atoms with van der Waals surface area (Å²) in [5.74, 6) is 2.27. The van der Waals surface area contributed by atoms with Crippen molar-refractivity contribution in [3.05, 3.63) is 0 Å². The summed E-state index contributed by atoms with van der Waals surface area (Å²) in [7, 11) is -5.96. The van der Waals surface area contributed by atoms with Gasteiger partial charge in [0.15, 0.2) is 0 Å². The fraction of sp³-hybridized carbons (Fsp3) is 0.714. The van der Waals surface area contributed by atoms with Crippen molar-refractivity contribution in [2.24, 2.45) is 0 Å². The van der Waals surface area contributed by atoms with Crippen molar-refractivity contribution in [1.29, 1.82) is 0 Å². The molecule has 0 amide bonds. The van der Waals surface area contributed by atoms with Crippen molar-refractivity contribution in [3.63, 3.8) is 0 Å². The first-order chi connectivity index (χ1) is 5.77. The molecule has 13 heavy (non-hydrogen) atoms. The molecule has 0 spiro atoms. The van der Waals surface area contributed by atoms with E-state index in [9.17, 15) is 8.42 Å². The van der Waals surface area contributed by atoms with E-state index < -0.39 is 18.7 Å². The molecule has 4 nitrogen and oxygen atoms in total. The maximum absolute atomic E-state index is 11.0. The molecule has 0 aliphatic rings. The van der Waals surface area contributed by atoms with Crippen molar-refractivity contribution in [1.82, 2.24) is 0 Å². The Labute approximate surface area is 80.7 Å². The van der Waals surface area contributed by atoms with E-state index in [0.29, 0.717) is 0 Å². The lowest BCUT2D eigenvalue weighted by Gasteiger charge is -2.15. The lowest BCUT2D eigenvalue weighted by molar-refractivity contribution is 0.278. The smallest absolute Gasteiger partial charge is 0.294 e. The van der Waals surface area contributed by atoms with Crippen LogP contribution in [0.5, 0.6) is 0 Å². The van der Waals surface area contributed by atoms with Crippen LogP contribution in [-0.4, -0.2) is 23.3 Å². The molecule has 76 valence electrons. The lowest BCUT2D eigenvalue weighted by atomic mass is 10.5. The second-order valence-electron chi connectivity index (χ2n) is 3.38. The first kappa shape index (κ1) is 12.6. The van der Waals surface area contributed by atoms with E-state index in [0.717, 1.165) is 0 Å². The van der Waals surface area contributed by atoms with Gasteiger partial charge < -0.3 is 0 Å². The number of hydrogen-bond acceptors (Lipinski definition) is 4. The molecule has 0 aliphatic carbocycles. The Balaban J connectivity index is 4.05. The molecular weight excluding hydrogens is 208 g/mol. The Morgan fingerprint density at radius 3 is 2.31 bits per heavy atom. The summed E-state index contributed by atoms with van der Waals surface area (Å²) >= 11 is 0. The van der Waals surface area contributed by atoms with Crippen LogP contribution < -0.4 is 0 Å². The van der Waals surface area contributed by atoms with E-state index >= 15 is 0 Å². The van der Waals surface area contributed by atoms with Gasteiger partial charge in [-0.15, -0.1) is 12.3 Å². The van der Waals surface area contributed by atoms with Gasteiger partial charge >= 0.3 is 10.4 Å². The van der Waals surface area contributed by atoms with Gasteiger partial charge in [0.25, 0.3) is 0 Å². The second kappa shape index (κ2) is 4.76. The zero-order chi connectivity index (χ0) is 10.5. The summed E-state index contributed by atoms with van der Waals surface area (Å²) in [6.45, 7) is 5.25. The van der Waals surface area contributed by atoms with E-state index in [-0.39, 0.29) is 13.0 Å². The minimum absolute atomic E-state index is 0.0245. The van der Waals surface area contributed by atoms with Gasteiger partial charge in [-0.05, 0) is 19.6 Å². The highest BCUT2D eigenvalue weighted by atomic mass is 32.3. The van der Waals surface area contributed by atoms with Gasteiger partial charge in [0.05, 0.1) is 6.61 Å². The number of hydrogen-bond donors (Lipinski definition) is 0. The predicted octanol–water partition coefficient (Wildman–Crippen LogP) is 1.12. The zero-order valence-electron chi connectivity index (χ0n) is 8.03. The van der Waals surface area contributed by atoms with Gasteiger partial charge in [-0.1, -0.05) is 0 Å². The Kier molecular flexibility index (Phi) is 4.63. The fourth-order valence-electron chi connectivity index (χ4n) is 0.533. The summed E-state index contributed by atoms with van der Waals surface area (Å²) in [5, 5.41) is 0.